The van der Waals surface area contributed by atoms with Crippen molar-refractivity contribution < 1.29 is 24.2 Å². The van der Waals surface area contributed by atoms with Crippen LogP contribution in [-0.4, -0.2) is 50.7 Å². The molecule has 0 bridgehead atoms. The highest BCUT2D eigenvalue weighted by Crippen LogP contribution is 2.27. The number of ether oxygens (including phenoxy) is 1. The predicted octanol–water partition coefficient (Wildman–Crippen LogP) is 3.57. The van der Waals surface area contributed by atoms with Gasteiger partial charge < -0.3 is 31.5 Å². The lowest BCUT2D eigenvalue weighted by atomic mass is 9.90. The van der Waals surface area contributed by atoms with E-state index in [4.69, 9.17) is 10.5 Å². The van der Waals surface area contributed by atoms with Crippen LogP contribution in [0, 0.1) is 6.92 Å². The number of carbonyl (C=O) groups excluding carboxylic acids is 2. The number of pyridine rings is 2. The van der Waals surface area contributed by atoms with Crippen LogP contribution in [-0.2, 0) is 4.74 Å². The second kappa shape index (κ2) is 10.6. The molecule has 2 atom stereocenters. The fourth-order valence-electron chi connectivity index (χ4n) is 3.98. The van der Waals surface area contributed by atoms with Gasteiger partial charge in [0, 0.05) is 6.04 Å². The Bertz CT molecular complexity index is 1110. The van der Waals surface area contributed by atoms with Crippen molar-refractivity contribution in [3.05, 3.63) is 41.3 Å². The number of nitrogens with two attached hydrogens (primary N) is 1. The van der Waals surface area contributed by atoms with Crippen molar-refractivity contribution >= 4 is 35.2 Å². The number of aryl methyl sites for hydroxylation is 1. The summed E-state index contributed by atoms with van der Waals surface area (Å²) in [7, 11) is 0. The van der Waals surface area contributed by atoms with Crippen LogP contribution in [0.4, 0.5) is 22.0 Å². The zero-order valence-corrected chi connectivity index (χ0v) is 20.3. The van der Waals surface area contributed by atoms with Gasteiger partial charge in [0.15, 0.2) is 5.69 Å². The molecule has 2 amide bonds. The molecular formula is C24H32N6O5. The molecule has 2 aromatic heterocycles. The van der Waals surface area contributed by atoms with Gasteiger partial charge in [-0.2, -0.15) is 0 Å². The van der Waals surface area contributed by atoms with Crippen LogP contribution in [0.5, 0.6) is 0 Å². The number of carboxylic acids is 1. The molecule has 0 saturated heterocycles. The highest BCUT2D eigenvalue weighted by atomic mass is 16.6. The number of anilines is 3. The molecular weight excluding hydrogens is 452 g/mol. The second-order valence-electron chi connectivity index (χ2n) is 9.53. The van der Waals surface area contributed by atoms with E-state index < -0.39 is 23.6 Å². The molecule has 0 aromatic carbocycles. The molecule has 2 heterocycles. The minimum Gasteiger partial charge on any atom is -0.478 e. The average Bonchev–Trinajstić information content (AvgIpc) is 2.73. The third-order valence-corrected chi connectivity index (χ3v) is 5.52. The molecule has 0 aliphatic heterocycles. The Hall–Kier alpha value is -3.89. The Morgan fingerprint density at radius 2 is 1.83 bits per heavy atom. The van der Waals surface area contributed by atoms with Gasteiger partial charge in [-0.25, -0.2) is 19.6 Å². The largest absolute Gasteiger partial charge is 0.478 e. The monoisotopic (exact) mass is 484 g/mol. The lowest BCUT2D eigenvalue weighted by Gasteiger charge is -2.34. The first-order valence-corrected chi connectivity index (χ1v) is 11.5. The minimum absolute atomic E-state index is 0.0180. The number of nitrogens with one attached hydrogen (secondary N) is 3. The lowest BCUT2D eigenvalue weighted by Crippen LogP contribution is -2.49. The van der Waals surface area contributed by atoms with Gasteiger partial charge in [0.2, 0.25) is 0 Å². The maximum atomic E-state index is 12.3. The predicted molar refractivity (Wildman–Crippen MR) is 131 cm³/mol. The molecule has 0 unspecified atom stereocenters. The quantitative estimate of drug-likeness (QED) is 0.394. The summed E-state index contributed by atoms with van der Waals surface area (Å²) < 4.78 is 5.40. The van der Waals surface area contributed by atoms with Crippen LogP contribution in [0.2, 0.25) is 0 Å². The highest BCUT2D eigenvalue weighted by Gasteiger charge is 2.28. The maximum absolute atomic E-state index is 12.3. The standard InChI is InChI=1S/C24H32N6O5/c1-13-15(22(32)33)9-10-19(27-13)29-18-11-14(12-26-20(18)21(25)31)28-16-7-5-6-8-17(16)30-23(34)35-24(2,3)4/h9-12,16-17,28H,5-8H2,1-4H3,(H2,25,31)(H,27,29)(H,30,34)(H,32,33)/t16-,17+/m1/s1. The number of hydrogen-bond acceptors (Lipinski definition) is 8. The molecule has 11 nitrogen and oxygen atoms in total. The second-order valence-corrected chi connectivity index (χ2v) is 9.53. The molecule has 1 aliphatic carbocycles. The van der Waals surface area contributed by atoms with Crippen molar-refractivity contribution in [3.8, 4) is 0 Å². The van der Waals surface area contributed by atoms with Gasteiger partial charge in [-0.1, -0.05) is 12.8 Å². The van der Waals surface area contributed by atoms with Crippen molar-refractivity contribution in [2.24, 2.45) is 5.73 Å². The fourth-order valence-corrected chi connectivity index (χ4v) is 3.98. The number of aromatic nitrogens is 2. The van der Waals surface area contributed by atoms with Gasteiger partial charge in [-0.15, -0.1) is 0 Å². The summed E-state index contributed by atoms with van der Waals surface area (Å²) in [5.74, 6) is -1.45. The third-order valence-electron chi connectivity index (χ3n) is 5.52. The molecule has 3 rings (SSSR count). The molecule has 188 valence electrons. The Morgan fingerprint density at radius 3 is 2.43 bits per heavy atom. The molecule has 35 heavy (non-hydrogen) atoms. The van der Waals surface area contributed by atoms with E-state index in [1.165, 1.54) is 18.3 Å². The number of primary amides is 1. The van der Waals surface area contributed by atoms with Crippen molar-refractivity contribution in [3.63, 3.8) is 0 Å². The SMILES string of the molecule is Cc1nc(Nc2cc(N[C@@H]3CCCC[C@@H]3NC(=O)OC(C)(C)C)cnc2C(N)=O)ccc1C(=O)O. The van der Waals surface area contributed by atoms with Crippen LogP contribution in [0.25, 0.3) is 0 Å². The van der Waals surface area contributed by atoms with E-state index in [0.717, 1.165) is 25.7 Å². The minimum atomic E-state index is -1.07. The summed E-state index contributed by atoms with van der Waals surface area (Å²) >= 11 is 0. The first kappa shape index (κ1) is 25.7. The fraction of sp³-hybridized carbons (Fsp3) is 0.458. The summed E-state index contributed by atoms with van der Waals surface area (Å²) in [5, 5.41) is 18.6. The Morgan fingerprint density at radius 1 is 1.14 bits per heavy atom. The van der Waals surface area contributed by atoms with E-state index in [9.17, 15) is 19.5 Å². The Balaban J connectivity index is 1.80. The van der Waals surface area contributed by atoms with E-state index in [0.29, 0.717) is 22.9 Å². The summed E-state index contributed by atoms with van der Waals surface area (Å²) in [5.41, 5.74) is 6.28. The number of aromatic carboxylic acids is 1. The molecule has 0 radical (unpaired) electrons. The number of amides is 2. The van der Waals surface area contributed by atoms with Crippen molar-refractivity contribution in [2.45, 2.75) is 71.1 Å². The molecule has 2 aromatic rings. The molecule has 0 spiro atoms. The number of carboxylic acid groups (broad SMARTS) is 1. The molecule has 1 aliphatic rings. The van der Waals surface area contributed by atoms with Crippen molar-refractivity contribution in [1.82, 2.24) is 15.3 Å². The van der Waals surface area contributed by atoms with Gasteiger partial charge in [0.1, 0.15) is 11.4 Å². The van der Waals surface area contributed by atoms with Crippen molar-refractivity contribution in [2.75, 3.05) is 10.6 Å². The normalized spacial score (nSPS) is 17.8. The molecule has 6 N–H and O–H groups in total. The van der Waals surface area contributed by atoms with Gasteiger partial charge in [0.05, 0.1) is 34.9 Å². The smallest absolute Gasteiger partial charge is 0.407 e. The van der Waals surface area contributed by atoms with Gasteiger partial charge in [0.25, 0.3) is 5.91 Å². The summed E-state index contributed by atoms with van der Waals surface area (Å²) in [6.07, 6.45) is 4.66. The van der Waals surface area contributed by atoms with Gasteiger partial charge in [-0.05, 0) is 58.7 Å². The van der Waals surface area contributed by atoms with E-state index in [2.05, 4.69) is 25.9 Å². The van der Waals surface area contributed by atoms with Crippen LogP contribution in [0.1, 0.15) is 73.0 Å². The number of hydrogen-bond donors (Lipinski definition) is 5. The third kappa shape index (κ3) is 7.05. The first-order valence-electron chi connectivity index (χ1n) is 11.5. The number of carbonyl (C=O) groups is 3. The van der Waals surface area contributed by atoms with E-state index in [1.54, 1.807) is 13.0 Å². The lowest BCUT2D eigenvalue weighted by molar-refractivity contribution is 0.0488. The Kier molecular flexibility index (Phi) is 7.78. The highest BCUT2D eigenvalue weighted by molar-refractivity contribution is 5.97. The van der Waals surface area contributed by atoms with Crippen LogP contribution in [0.3, 0.4) is 0 Å². The molecule has 11 heteroatoms. The van der Waals surface area contributed by atoms with E-state index in [-0.39, 0.29) is 23.3 Å². The Labute approximate surface area is 203 Å². The number of rotatable bonds is 7. The zero-order valence-electron chi connectivity index (χ0n) is 20.3. The van der Waals surface area contributed by atoms with Gasteiger partial charge in [-0.3, -0.25) is 4.79 Å². The van der Waals surface area contributed by atoms with E-state index in [1.807, 2.05) is 20.8 Å². The van der Waals surface area contributed by atoms with Crippen LogP contribution >= 0.6 is 0 Å². The average molecular weight is 485 g/mol. The van der Waals surface area contributed by atoms with Crippen LogP contribution < -0.4 is 21.7 Å². The summed E-state index contributed by atoms with van der Waals surface area (Å²) in [6.45, 7) is 7.03. The van der Waals surface area contributed by atoms with Crippen LogP contribution in [0.15, 0.2) is 24.4 Å². The maximum Gasteiger partial charge on any atom is 0.407 e. The number of nitrogens with zero attached hydrogens (tertiary/aromatic N) is 2. The van der Waals surface area contributed by atoms with E-state index >= 15 is 0 Å². The van der Waals surface area contributed by atoms with Gasteiger partial charge >= 0.3 is 12.1 Å². The van der Waals surface area contributed by atoms with Crippen molar-refractivity contribution in [1.29, 1.82) is 0 Å². The summed E-state index contributed by atoms with van der Waals surface area (Å²) in [6, 6.07) is 4.42. The zero-order chi connectivity index (χ0) is 25.8. The molecule has 1 fully saturated rings. The molecule has 1 saturated carbocycles. The first-order chi connectivity index (χ1) is 16.4. The summed E-state index contributed by atoms with van der Waals surface area (Å²) in [4.78, 5) is 44.0. The topological polar surface area (TPSA) is 169 Å². The number of alkyl carbamates (subject to hydrolysis) is 1.